The maximum Gasteiger partial charge on any atom is 0.416 e. The number of carboxylic acid groups (broad SMARTS) is 1. The minimum absolute atomic E-state index is 0.0210. The molecule has 0 unspecified atom stereocenters. The van der Waals surface area contributed by atoms with Crippen LogP contribution in [0.15, 0.2) is 29.8 Å². The van der Waals surface area contributed by atoms with Crippen LogP contribution in [0, 0.1) is 44.8 Å². The number of halogens is 3. The Morgan fingerprint density at radius 2 is 1.66 bits per heavy atom. The van der Waals surface area contributed by atoms with Gasteiger partial charge in [-0.15, -0.1) is 0 Å². The summed E-state index contributed by atoms with van der Waals surface area (Å²) in [5.41, 5.74) is 0.947. The van der Waals surface area contributed by atoms with Crippen molar-refractivity contribution in [2.75, 3.05) is 0 Å². The summed E-state index contributed by atoms with van der Waals surface area (Å²) in [4.78, 5) is 30.7. The largest absolute Gasteiger partial charge is 0.481 e. The number of ketones is 1. The fraction of sp³-hybridized carbons (Fsp3) is 0.676. The molecule has 0 saturated heterocycles. The third kappa shape index (κ3) is 3.59. The van der Waals surface area contributed by atoms with Crippen molar-refractivity contribution in [2.45, 2.75) is 111 Å². The number of hydrogen-bond donors (Lipinski definition) is 2. The summed E-state index contributed by atoms with van der Waals surface area (Å²) in [5.74, 6) is -0.665. The number of carbonyl (C=O) groups is 2. The standard InChI is InChI=1S/C37H46F3NO3/c1-31(2)27-10-11-36(7)28(34(27,5)18-22-21-16-20(37(38,39)40)8-9-25(21)41-29(22)31)26(42)17-23-24-19-33(4,30(43)44)13-12-32(24,3)14-15-35(23,36)6/h8-9,16-17,24,27-28,41H,10-15,18-19H2,1-7H3,(H,43,44)/t24-,27-,28+,32+,33-,34-,35+,36+/m0/s1. The number of fused-ring (bicyclic) bond motifs is 10. The summed E-state index contributed by atoms with van der Waals surface area (Å²) >= 11 is 0. The average molecular weight is 610 g/mol. The van der Waals surface area contributed by atoms with Crippen LogP contribution in [0.5, 0.6) is 0 Å². The Balaban J connectivity index is 1.37. The summed E-state index contributed by atoms with van der Waals surface area (Å²) in [6.07, 6.45) is 3.93. The lowest BCUT2D eigenvalue weighted by molar-refractivity contribution is -0.173. The van der Waals surface area contributed by atoms with Crippen molar-refractivity contribution in [2.24, 2.45) is 44.8 Å². The molecule has 8 atom stereocenters. The Bertz CT molecular complexity index is 1650. The third-order valence-corrected chi connectivity index (χ3v) is 14.7. The van der Waals surface area contributed by atoms with Gasteiger partial charge in [0.15, 0.2) is 5.78 Å². The predicted molar refractivity (Wildman–Crippen MR) is 164 cm³/mol. The van der Waals surface area contributed by atoms with Crippen molar-refractivity contribution in [3.8, 4) is 0 Å². The molecule has 238 valence electrons. The van der Waals surface area contributed by atoms with Gasteiger partial charge in [-0.25, -0.2) is 0 Å². The minimum atomic E-state index is -4.43. The number of hydrogen-bond acceptors (Lipinski definition) is 2. The Morgan fingerprint density at radius 1 is 0.977 bits per heavy atom. The summed E-state index contributed by atoms with van der Waals surface area (Å²) in [5, 5.41) is 10.8. The quantitative estimate of drug-likeness (QED) is 0.339. The molecule has 2 N–H and O–H groups in total. The first kappa shape index (κ1) is 30.1. The number of aromatic amines is 1. The highest BCUT2D eigenvalue weighted by Crippen LogP contribution is 2.75. The van der Waals surface area contributed by atoms with Crippen LogP contribution < -0.4 is 0 Å². The van der Waals surface area contributed by atoms with E-state index >= 15 is 0 Å². The Morgan fingerprint density at radius 3 is 2.32 bits per heavy atom. The highest BCUT2D eigenvalue weighted by Gasteiger charge is 2.70. The van der Waals surface area contributed by atoms with Crippen LogP contribution in [0.3, 0.4) is 0 Å². The molecule has 7 rings (SSSR count). The zero-order chi connectivity index (χ0) is 32.0. The van der Waals surface area contributed by atoms with Crippen molar-refractivity contribution in [3.63, 3.8) is 0 Å². The second-order valence-corrected chi connectivity index (χ2v) is 17.2. The molecule has 2 aromatic rings. The highest BCUT2D eigenvalue weighted by molar-refractivity contribution is 5.96. The van der Waals surface area contributed by atoms with E-state index < -0.39 is 28.5 Å². The van der Waals surface area contributed by atoms with Gasteiger partial charge in [-0.05, 0) is 122 Å². The molecule has 1 heterocycles. The van der Waals surface area contributed by atoms with Gasteiger partial charge in [0.25, 0.3) is 0 Å². The van der Waals surface area contributed by atoms with Gasteiger partial charge in [-0.1, -0.05) is 47.1 Å². The molecule has 1 aromatic heterocycles. The van der Waals surface area contributed by atoms with Gasteiger partial charge in [0, 0.05) is 27.9 Å². The Hall–Kier alpha value is -2.57. The number of nitrogens with one attached hydrogen (secondary N) is 1. The molecule has 0 radical (unpaired) electrons. The van der Waals surface area contributed by atoms with Crippen LogP contribution in [0.25, 0.3) is 10.9 Å². The normalized spacial score (nSPS) is 42.8. The number of carbonyl (C=O) groups excluding carboxylic acids is 1. The van der Waals surface area contributed by atoms with Crippen LogP contribution in [0.2, 0.25) is 0 Å². The molecule has 0 aliphatic heterocycles. The van der Waals surface area contributed by atoms with E-state index in [0.717, 1.165) is 54.9 Å². The SMILES string of the molecule is CC1(C)c2[nH]c3ccc(C(F)(F)F)cc3c2C[C@]2(C)[C@H]3C(=O)C=C4[C@@H]5C[C@@](C)(C(=O)O)CC[C@]5(C)CC[C@@]4(C)[C@]3(C)CC[C@@H]12. The van der Waals surface area contributed by atoms with E-state index in [4.69, 9.17) is 0 Å². The van der Waals surface area contributed by atoms with Gasteiger partial charge < -0.3 is 10.1 Å². The summed E-state index contributed by atoms with van der Waals surface area (Å²) in [6.45, 7) is 15.5. The second kappa shape index (κ2) is 8.61. The van der Waals surface area contributed by atoms with Crippen LogP contribution in [0.4, 0.5) is 13.2 Å². The number of alkyl halides is 3. The zero-order valence-corrected chi connectivity index (χ0v) is 27.1. The van der Waals surface area contributed by atoms with E-state index in [1.807, 2.05) is 13.0 Å². The van der Waals surface area contributed by atoms with E-state index in [1.54, 1.807) is 6.07 Å². The lowest BCUT2D eigenvalue weighted by Gasteiger charge is -2.70. The Kier molecular flexibility index (Phi) is 5.89. The van der Waals surface area contributed by atoms with E-state index in [1.165, 1.54) is 11.6 Å². The molecule has 1 aromatic carbocycles. The van der Waals surface area contributed by atoms with E-state index in [0.29, 0.717) is 24.6 Å². The lowest BCUT2D eigenvalue weighted by atomic mass is 9.33. The molecule has 0 bridgehead atoms. The molecule has 4 nitrogen and oxygen atoms in total. The van der Waals surface area contributed by atoms with Crippen LogP contribution in [-0.4, -0.2) is 21.8 Å². The minimum Gasteiger partial charge on any atom is -0.481 e. The fourth-order valence-corrected chi connectivity index (χ4v) is 11.9. The maximum absolute atomic E-state index is 14.7. The number of rotatable bonds is 1. The summed E-state index contributed by atoms with van der Waals surface area (Å²) in [7, 11) is 0. The first-order valence-corrected chi connectivity index (χ1v) is 16.4. The number of aliphatic carboxylic acids is 1. The summed E-state index contributed by atoms with van der Waals surface area (Å²) in [6, 6.07) is 4.00. The zero-order valence-electron chi connectivity index (χ0n) is 27.1. The van der Waals surface area contributed by atoms with Gasteiger partial charge in [-0.2, -0.15) is 13.2 Å². The first-order valence-electron chi connectivity index (χ1n) is 16.4. The van der Waals surface area contributed by atoms with Crippen LogP contribution in [-0.2, 0) is 27.6 Å². The monoisotopic (exact) mass is 609 g/mol. The van der Waals surface area contributed by atoms with E-state index in [-0.39, 0.29) is 45.2 Å². The molecular weight excluding hydrogens is 563 g/mol. The van der Waals surface area contributed by atoms with Gasteiger partial charge >= 0.3 is 12.1 Å². The van der Waals surface area contributed by atoms with Crippen LogP contribution in [0.1, 0.15) is 110 Å². The first-order chi connectivity index (χ1) is 20.2. The molecule has 0 spiro atoms. The van der Waals surface area contributed by atoms with Gasteiger partial charge in [0.2, 0.25) is 0 Å². The predicted octanol–water partition coefficient (Wildman–Crippen LogP) is 9.27. The molecule has 3 saturated carbocycles. The fourth-order valence-electron chi connectivity index (χ4n) is 11.9. The van der Waals surface area contributed by atoms with Gasteiger partial charge in [0.1, 0.15) is 0 Å². The summed E-state index contributed by atoms with van der Waals surface area (Å²) < 4.78 is 41.5. The molecular formula is C37H46F3NO3. The topological polar surface area (TPSA) is 70.2 Å². The number of benzene rings is 1. The number of aromatic nitrogens is 1. The van der Waals surface area contributed by atoms with Crippen molar-refractivity contribution >= 4 is 22.7 Å². The molecule has 7 heteroatoms. The smallest absolute Gasteiger partial charge is 0.416 e. The Labute approximate surface area is 258 Å². The van der Waals surface area contributed by atoms with Gasteiger partial charge in [-0.3, -0.25) is 9.59 Å². The van der Waals surface area contributed by atoms with Crippen LogP contribution >= 0.6 is 0 Å². The van der Waals surface area contributed by atoms with E-state index in [2.05, 4.69) is 46.5 Å². The van der Waals surface area contributed by atoms with E-state index in [9.17, 15) is 27.9 Å². The molecule has 44 heavy (non-hydrogen) atoms. The molecule has 5 aliphatic carbocycles. The van der Waals surface area contributed by atoms with Crippen molar-refractivity contribution < 1.29 is 27.9 Å². The maximum atomic E-state index is 14.7. The third-order valence-electron chi connectivity index (χ3n) is 14.7. The lowest BCUT2D eigenvalue weighted by Crippen LogP contribution is -2.66. The van der Waals surface area contributed by atoms with Crippen molar-refractivity contribution in [3.05, 3.63) is 46.7 Å². The second-order valence-electron chi connectivity index (χ2n) is 17.2. The van der Waals surface area contributed by atoms with Gasteiger partial charge in [0.05, 0.1) is 11.0 Å². The average Bonchev–Trinajstić information content (AvgIpc) is 3.28. The van der Waals surface area contributed by atoms with Crippen molar-refractivity contribution in [1.82, 2.24) is 4.98 Å². The highest BCUT2D eigenvalue weighted by atomic mass is 19.4. The van der Waals surface area contributed by atoms with Crippen molar-refractivity contribution in [1.29, 1.82) is 0 Å². The number of allylic oxidation sites excluding steroid dienone is 2. The molecule has 3 fully saturated rings. The molecule has 0 amide bonds. The number of H-pyrrole nitrogens is 1. The molecule has 5 aliphatic rings. The number of carboxylic acids is 1.